The predicted molar refractivity (Wildman–Crippen MR) is 218 cm³/mol. The third-order valence-electron chi connectivity index (χ3n) is 10.9. The van der Waals surface area contributed by atoms with Crippen LogP contribution in [0.2, 0.25) is 0 Å². The van der Waals surface area contributed by atoms with Gasteiger partial charge in [0.1, 0.15) is 16.9 Å². The van der Waals surface area contributed by atoms with Crippen molar-refractivity contribution in [3.8, 4) is 22.8 Å². The molecule has 0 atom stereocenters. The molecular weight excluding hydrogens is 649 g/mol. The summed E-state index contributed by atoms with van der Waals surface area (Å²) in [4.78, 5) is 10.8. The SMILES string of the molecule is c1ccc2c(c1)ccc1c2c2cc(-n3c4ccccc4c4ccccc43)ccc2n1-c1nc2ccccc2nc1-c1cccc2c1oc1ccccc12. The Morgan fingerprint density at radius 3 is 1.85 bits per heavy atom. The lowest BCUT2D eigenvalue weighted by Crippen LogP contribution is -2.04. The van der Waals surface area contributed by atoms with E-state index in [0.29, 0.717) is 0 Å². The van der Waals surface area contributed by atoms with Crippen LogP contribution in [0, 0.1) is 0 Å². The lowest BCUT2D eigenvalue weighted by Gasteiger charge is -2.14. The van der Waals surface area contributed by atoms with Gasteiger partial charge in [-0.1, -0.05) is 109 Å². The third-order valence-corrected chi connectivity index (χ3v) is 10.9. The van der Waals surface area contributed by atoms with E-state index < -0.39 is 0 Å². The van der Waals surface area contributed by atoms with Crippen LogP contribution in [0.4, 0.5) is 0 Å². The molecule has 0 N–H and O–H groups in total. The van der Waals surface area contributed by atoms with Gasteiger partial charge in [0.25, 0.3) is 0 Å². The first-order chi connectivity index (χ1) is 26.3. The average Bonchev–Trinajstić information content (AvgIpc) is 3.88. The number of nitrogens with zero attached hydrogens (tertiary/aromatic N) is 4. The molecule has 8 aromatic carbocycles. The van der Waals surface area contributed by atoms with Crippen LogP contribution >= 0.6 is 0 Å². The van der Waals surface area contributed by atoms with Gasteiger partial charge in [-0.15, -0.1) is 0 Å². The smallest absolute Gasteiger partial charge is 0.165 e. The van der Waals surface area contributed by atoms with Gasteiger partial charge in [-0.25, -0.2) is 9.97 Å². The van der Waals surface area contributed by atoms with Crippen LogP contribution in [0.3, 0.4) is 0 Å². The van der Waals surface area contributed by atoms with Crippen molar-refractivity contribution in [2.75, 3.05) is 0 Å². The van der Waals surface area contributed by atoms with Gasteiger partial charge < -0.3 is 8.98 Å². The lowest BCUT2D eigenvalue weighted by atomic mass is 10.0. The summed E-state index contributed by atoms with van der Waals surface area (Å²) in [6.07, 6.45) is 0. The minimum absolute atomic E-state index is 0.761. The maximum Gasteiger partial charge on any atom is 0.165 e. The molecule has 0 amide bonds. The zero-order chi connectivity index (χ0) is 34.6. The molecule has 0 saturated heterocycles. The molecule has 0 fully saturated rings. The molecule has 0 saturated carbocycles. The first-order valence-electron chi connectivity index (χ1n) is 17.9. The highest BCUT2D eigenvalue weighted by Gasteiger charge is 2.24. The highest BCUT2D eigenvalue weighted by Crippen LogP contribution is 2.43. The van der Waals surface area contributed by atoms with Crippen LogP contribution in [0.1, 0.15) is 0 Å². The van der Waals surface area contributed by atoms with Crippen LogP contribution in [-0.4, -0.2) is 19.1 Å². The van der Waals surface area contributed by atoms with Crippen molar-refractivity contribution in [3.63, 3.8) is 0 Å². The van der Waals surface area contributed by atoms with E-state index in [1.165, 1.54) is 38.0 Å². The van der Waals surface area contributed by atoms with Gasteiger partial charge in [-0.05, 0) is 71.4 Å². The van der Waals surface area contributed by atoms with E-state index in [1.807, 2.05) is 36.4 Å². The monoisotopic (exact) mass is 676 g/mol. The topological polar surface area (TPSA) is 48.8 Å². The summed E-state index contributed by atoms with van der Waals surface area (Å²) in [5.41, 5.74) is 10.6. The Morgan fingerprint density at radius 1 is 0.415 bits per heavy atom. The van der Waals surface area contributed by atoms with E-state index in [4.69, 9.17) is 14.4 Å². The standard InChI is InChI=1S/C48H28N4O/c1-2-13-31-29(12-1)24-26-43-45(31)37-28-30(51-40-21-8-3-14-32(40)33-15-4-9-22-41(33)51)25-27-42(37)52(43)48-46(49-38-19-6-7-20-39(38)50-48)36-18-11-17-35-34-16-5-10-23-44(34)53-47(35)36/h1-28H. The van der Waals surface area contributed by atoms with E-state index in [9.17, 15) is 0 Å². The molecule has 246 valence electrons. The molecule has 0 aliphatic rings. The second-order valence-corrected chi connectivity index (χ2v) is 13.8. The Kier molecular flexibility index (Phi) is 5.71. The zero-order valence-electron chi connectivity index (χ0n) is 28.4. The van der Waals surface area contributed by atoms with Gasteiger partial charge in [0.15, 0.2) is 5.82 Å². The fourth-order valence-corrected chi connectivity index (χ4v) is 8.61. The first kappa shape index (κ1) is 28.5. The Balaban J connectivity index is 1.22. The molecule has 12 aromatic rings. The van der Waals surface area contributed by atoms with E-state index in [1.54, 1.807) is 0 Å². The summed E-state index contributed by atoms with van der Waals surface area (Å²) in [6.45, 7) is 0. The highest BCUT2D eigenvalue weighted by molar-refractivity contribution is 6.22. The lowest BCUT2D eigenvalue weighted by molar-refractivity contribution is 0.669. The molecule has 12 rings (SSSR count). The quantitative estimate of drug-likeness (QED) is 0.187. The van der Waals surface area contributed by atoms with Crippen molar-refractivity contribution in [1.82, 2.24) is 19.1 Å². The average molecular weight is 677 g/mol. The second-order valence-electron chi connectivity index (χ2n) is 13.8. The number of aromatic nitrogens is 4. The van der Waals surface area contributed by atoms with Crippen molar-refractivity contribution in [3.05, 3.63) is 170 Å². The van der Waals surface area contributed by atoms with E-state index in [2.05, 4.69) is 143 Å². The summed E-state index contributed by atoms with van der Waals surface area (Å²) >= 11 is 0. The molecule has 0 spiro atoms. The van der Waals surface area contributed by atoms with Gasteiger partial charge in [-0.3, -0.25) is 4.57 Å². The van der Waals surface area contributed by atoms with Crippen LogP contribution in [0.15, 0.2) is 174 Å². The van der Waals surface area contributed by atoms with E-state index >= 15 is 0 Å². The third kappa shape index (κ3) is 3.96. The van der Waals surface area contributed by atoms with Crippen molar-refractivity contribution in [2.45, 2.75) is 0 Å². The molecule has 0 aliphatic carbocycles. The molecule has 0 radical (unpaired) electrons. The van der Waals surface area contributed by atoms with Crippen molar-refractivity contribution in [2.24, 2.45) is 0 Å². The van der Waals surface area contributed by atoms with Gasteiger partial charge in [0, 0.05) is 43.6 Å². The fraction of sp³-hybridized carbons (Fsp3) is 0. The molecule has 0 aliphatic heterocycles. The van der Waals surface area contributed by atoms with Crippen LogP contribution in [0.25, 0.3) is 110 Å². The van der Waals surface area contributed by atoms with Gasteiger partial charge >= 0.3 is 0 Å². The zero-order valence-corrected chi connectivity index (χ0v) is 28.4. The molecule has 0 unspecified atom stereocenters. The Morgan fingerprint density at radius 2 is 1.04 bits per heavy atom. The number of hydrogen-bond acceptors (Lipinski definition) is 3. The summed E-state index contributed by atoms with van der Waals surface area (Å²) in [5, 5.41) is 9.35. The summed E-state index contributed by atoms with van der Waals surface area (Å²) in [7, 11) is 0. The maximum atomic E-state index is 6.60. The maximum absolute atomic E-state index is 6.60. The summed E-state index contributed by atoms with van der Waals surface area (Å²) in [5.74, 6) is 0.761. The molecule has 53 heavy (non-hydrogen) atoms. The molecule has 4 heterocycles. The fourth-order valence-electron chi connectivity index (χ4n) is 8.61. The van der Waals surface area contributed by atoms with Crippen molar-refractivity contribution >= 4 is 87.4 Å². The summed E-state index contributed by atoms with van der Waals surface area (Å²) in [6, 6.07) is 60.0. The van der Waals surface area contributed by atoms with Gasteiger partial charge in [-0.2, -0.15) is 0 Å². The number of para-hydroxylation sites is 6. The number of furan rings is 1. The molecule has 5 nitrogen and oxygen atoms in total. The molecule has 5 heteroatoms. The Hall–Kier alpha value is -7.24. The van der Waals surface area contributed by atoms with E-state index in [0.717, 1.165) is 72.2 Å². The number of fused-ring (bicyclic) bond motifs is 12. The minimum Gasteiger partial charge on any atom is -0.455 e. The van der Waals surface area contributed by atoms with Crippen LogP contribution in [0.5, 0.6) is 0 Å². The van der Waals surface area contributed by atoms with Crippen LogP contribution in [-0.2, 0) is 0 Å². The largest absolute Gasteiger partial charge is 0.455 e. The Bertz CT molecular complexity index is 3420. The number of rotatable bonds is 3. The number of benzene rings is 8. The highest BCUT2D eigenvalue weighted by atomic mass is 16.3. The molecular formula is C48H28N4O. The first-order valence-corrected chi connectivity index (χ1v) is 17.9. The van der Waals surface area contributed by atoms with Crippen LogP contribution < -0.4 is 0 Å². The minimum atomic E-state index is 0.761. The second kappa shape index (κ2) is 10.6. The molecule has 4 aromatic heterocycles. The number of hydrogen-bond donors (Lipinski definition) is 0. The molecule has 0 bridgehead atoms. The Labute approximate surface area is 302 Å². The van der Waals surface area contributed by atoms with Gasteiger partial charge in [0.2, 0.25) is 0 Å². The van der Waals surface area contributed by atoms with Gasteiger partial charge in [0.05, 0.1) is 33.1 Å². The predicted octanol–water partition coefficient (Wildman–Crippen LogP) is 12.5. The van der Waals surface area contributed by atoms with E-state index in [-0.39, 0.29) is 0 Å². The normalized spacial score (nSPS) is 12.2. The summed E-state index contributed by atoms with van der Waals surface area (Å²) < 4.78 is 11.3. The van der Waals surface area contributed by atoms with Crippen molar-refractivity contribution in [1.29, 1.82) is 0 Å². The van der Waals surface area contributed by atoms with Crippen molar-refractivity contribution < 1.29 is 4.42 Å².